The van der Waals surface area contributed by atoms with Gasteiger partial charge in [0.2, 0.25) is 0 Å². The van der Waals surface area contributed by atoms with E-state index in [0.29, 0.717) is 41.4 Å². The Kier molecular flexibility index (Phi) is 6.55. The summed E-state index contributed by atoms with van der Waals surface area (Å²) in [5, 5.41) is 31.5. The molecule has 4 fully saturated rings. The second-order valence-electron chi connectivity index (χ2n) is 12.4. The largest absolute Gasteiger partial charge is 0.481 e. The molecule has 11 atom stereocenters. The van der Waals surface area contributed by atoms with E-state index in [2.05, 4.69) is 27.7 Å². The highest BCUT2D eigenvalue weighted by Gasteiger charge is 2.64. The summed E-state index contributed by atoms with van der Waals surface area (Å²) in [6.07, 6.45) is 10.5. The van der Waals surface area contributed by atoms with Crippen molar-refractivity contribution >= 4 is 5.97 Å². The standard InChI is InChI=1S/C27H46O4/c1-5-6-18-22-15-17(28)11-13-27(22,4)21-12-14-26(3)19(16(2)7-10-23(29)30)8-9-20(26)24(21)25(18)31/h16-22,24-25,28,31H,5-15H2,1-4H3,(H,29,30)/t16-,17?,18-,19-,20+,21+,22+,24+,25-,26-,27-/m1/s1. The lowest BCUT2D eigenvalue weighted by atomic mass is 9.41. The van der Waals surface area contributed by atoms with Crippen molar-refractivity contribution in [1.82, 2.24) is 0 Å². The second-order valence-corrected chi connectivity index (χ2v) is 12.4. The van der Waals surface area contributed by atoms with Crippen LogP contribution >= 0.6 is 0 Å². The average Bonchev–Trinajstić information content (AvgIpc) is 3.07. The topological polar surface area (TPSA) is 77.8 Å². The molecule has 0 radical (unpaired) electrons. The number of hydrogen-bond acceptors (Lipinski definition) is 3. The quantitative estimate of drug-likeness (QED) is 0.515. The summed E-state index contributed by atoms with van der Waals surface area (Å²) in [6, 6.07) is 0. The number of aliphatic carboxylic acids is 1. The molecular formula is C27H46O4. The molecule has 4 aliphatic rings. The predicted molar refractivity (Wildman–Crippen MR) is 122 cm³/mol. The Morgan fingerprint density at radius 3 is 2.35 bits per heavy atom. The van der Waals surface area contributed by atoms with Crippen LogP contribution in [0.3, 0.4) is 0 Å². The van der Waals surface area contributed by atoms with E-state index >= 15 is 0 Å². The van der Waals surface area contributed by atoms with Crippen LogP contribution in [0.1, 0.15) is 98.3 Å². The normalized spacial score (nSPS) is 50.3. The van der Waals surface area contributed by atoms with Crippen LogP contribution in [-0.4, -0.2) is 33.5 Å². The molecule has 0 heterocycles. The molecule has 31 heavy (non-hydrogen) atoms. The van der Waals surface area contributed by atoms with Gasteiger partial charge in [-0.05, 0) is 110 Å². The van der Waals surface area contributed by atoms with Gasteiger partial charge in [0.1, 0.15) is 0 Å². The molecule has 4 aliphatic carbocycles. The molecule has 4 nitrogen and oxygen atoms in total. The lowest BCUT2D eigenvalue weighted by molar-refractivity contribution is -0.204. The van der Waals surface area contributed by atoms with Gasteiger partial charge in [-0.2, -0.15) is 0 Å². The summed E-state index contributed by atoms with van der Waals surface area (Å²) in [5.41, 5.74) is 0.478. The fourth-order valence-electron chi connectivity index (χ4n) is 9.66. The fourth-order valence-corrected chi connectivity index (χ4v) is 9.66. The molecule has 0 aromatic carbocycles. The van der Waals surface area contributed by atoms with Gasteiger partial charge in [-0.25, -0.2) is 0 Å². The molecule has 0 aliphatic heterocycles. The third kappa shape index (κ3) is 3.78. The number of rotatable bonds is 6. The third-order valence-corrected chi connectivity index (χ3v) is 11.1. The van der Waals surface area contributed by atoms with E-state index < -0.39 is 5.97 Å². The number of carboxylic acids is 1. The summed E-state index contributed by atoms with van der Waals surface area (Å²) in [5.74, 6) is 2.60. The van der Waals surface area contributed by atoms with Crippen LogP contribution in [0.15, 0.2) is 0 Å². The van der Waals surface area contributed by atoms with Gasteiger partial charge in [0, 0.05) is 6.42 Å². The Morgan fingerprint density at radius 2 is 1.68 bits per heavy atom. The Labute approximate surface area is 189 Å². The van der Waals surface area contributed by atoms with Crippen LogP contribution in [0.5, 0.6) is 0 Å². The number of hydrogen-bond donors (Lipinski definition) is 3. The predicted octanol–water partition coefficient (Wildman–Crippen LogP) is 5.50. The smallest absolute Gasteiger partial charge is 0.303 e. The Balaban J connectivity index is 1.62. The second kappa shape index (κ2) is 8.63. The van der Waals surface area contributed by atoms with Crippen LogP contribution in [0.2, 0.25) is 0 Å². The van der Waals surface area contributed by atoms with Crippen molar-refractivity contribution in [2.45, 2.75) is 111 Å². The summed E-state index contributed by atoms with van der Waals surface area (Å²) in [6.45, 7) is 9.48. The minimum atomic E-state index is -0.682. The summed E-state index contributed by atoms with van der Waals surface area (Å²) in [7, 11) is 0. The van der Waals surface area contributed by atoms with E-state index in [4.69, 9.17) is 0 Å². The summed E-state index contributed by atoms with van der Waals surface area (Å²) >= 11 is 0. The van der Waals surface area contributed by atoms with Crippen LogP contribution in [0.25, 0.3) is 0 Å². The van der Waals surface area contributed by atoms with Crippen molar-refractivity contribution in [3.05, 3.63) is 0 Å². The van der Waals surface area contributed by atoms with Crippen molar-refractivity contribution in [2.75, 3.05) is 0 Å². The molecule has 3 N–H and O–H groups in total. The van der Waals surface area contributed by atoms with Crippen molar-refractivity contribution in [3.63, 3.8) is 0 Å². The lowest BCUT2D eigenvalue weighted by Gasteiger charge is -2.65. The van der Waals surface area contributed by atoms with Gasteiger partial charge in [-0.1, -0.05) is 34.1 Å². The third-order valence-electron chi connectivity index (χ3n) is 11.1. The van der Waals surface area contributed by atoms with Gasteiger partial charge in [0.05, 0.1) is 12.2 Å². The molecule has 4 saturated carbocycles. The molecule has 1 unspecified atom stereocenters. The van der Waals surface area contributed by atoms with Crippen LogP contribution in [0, 0.1) is 52.3 Å². The van der Waals surface area contributed by atoms with Crippen molar-refractivity contribution in [3.8, 4) is 0 Å². The molecule has 4 heteroatoms. The van der Waals surface area contributed by atoms with E-state index in [-0.39, 0.29) is 29.5 Å². The number of aliphatic hydroxyl groups is 2. The molecule has 0 aromatic heterocycles. The highest BCUT2D eigenvalue weighted by atomic mass is 16.4. The number of carbonyl (C=O) groups is 1. The molecule has 178 valence electrons. The monoisotopic (exact) mass is 434 g/mol. The van der Waals surface area contributed by atoms with E-state index in [1.54, 1.807) is 0 Å². The molecule has 0 saturated heterocycles. The lowest BCUT2D eigenvalue weighted by Crippen LogP contribution is -2.62. The van der Waals surface area contributed by atoms with Gasteiger partial charge in [-0.15, -0.1) is 0 Å². The van der Waals surface area contributed by atoms with Crippen molar-refractivity contribution in [2.24, 2.45) is 52.3 Å². The fraction of sp³-hybridized carbons (Fsp3) is 0.963. The van der Waals surface area contributed by atoms with E-state index in [0.717, 1.165) is 38.5 Å². The van der Waals surface area contributed by atoms with Crippen molar-refractivity contribution < 1.29 is 20.1 Å². The number of fused-ring (bicyclic) bond motifs is 5. The maximum absolute atomic E-state index is 11.8. The van der Waals surface area contributed by atoms with E-state index in [1.807, 2.05) is 0 Å². The van der Waals surface area contributed by atoms with E-state index in [9.17, 15) is 20.1 Å². The zero-order chi connectivity index (χ0) is 22.6. The molecule has 0 bridgehead atoms. The zero-order valence-electron chi connectivity index (χ0n) is 20.2. The Hall–Kier alpha value is -0.610. The first-order valence-corrected chi connectivity index (χ1v) is 13.2. The molecule has 4 rings (SSSR count). The number of aliphatic hydroxyl groups excluding tert-OH is 2. The van der Waals surface area contributed by atoms with E-state index in [1.165, 1.54) is 25.7 Å². The Morgan fingerprint density at radius 1 is 1.00 bits per heavy atom. The first kappa shape index (κ1) is 23.5. The maximum Gasteiger partial charge on any atom is 0.303 e. The van der Waals surface area contributed by atoms with Gasteiger partial charge >= 0.3 is 5.97 Å². The first-order chi connectivity index (χ1) is 14.6. The molecular weight excluding hydrogens is 388 g/mol. The number of carboxylic acid groups (broad SMARTS) is 1. The zero-order valence-corrected chi connectivity index (χ0v) is 20.2. The molecule has 0 spiro atoms. The highest BCUT2D eigenvalue weighted by Crippen LogP contribution is 2.69. The van der Waals surface area contributed by atoms with Gasteiger partial charge in [0.15, 0.2) is 0 Å². The molecule has 0 aromatic rings. The van der Waals surface area contributed by atoms with Gasteiger partial charge in [-0.3, -0.25) is 4.79 Å². The van der Waals surface area contributed by atoms with Crippen molar-refractivity contribution in [1.29, 1.82) is 0 Å². The highest BCUT2D eigenvalue weighted by molar-refractivity contribution is 5.66. The van der Waals surface area contributed by atoms with Gasteiger partial charge < -0.3 is 15.3 Å². The van der Waals surface area contributed by atoms with Crippen LogP contribution in [0.4, 0.5) is 0 Å². The summed E-state index contributed by atoms with van der Waals surface area (Å²) in [4.78, 5) is 11.2. The average molecular weight is 435 g/mol. The minimum absolute atomic E-state index is 0.194. The summed E-state index contributed by atoms with van der Waals surface area (Å²) < 4.78 is 0. The first-order valence-electron chi connectivity index (χ1n) is 13.2. The van der Waals surface area contributed by atoms with Crippen LogP contribution in [-0.2, 0) is 4.79 Å². The Bertz CT molecular complexity index is 664. The SMILES string of the molecule is CCC[C@H]1[C@@H](O)[C@@H]2[C@H](CC[C@]3(C)[C@@H]([C@H](C)CCC(=O)O)CC[C@@H]23)[C@@]2(C)CCC(O)C[C@@H]12. The maximum atomic E-state index is 11.8. The van der Waals surface area contributed by atoms with Gasteiger partial charge in [0.25, 0.3) is 0 Å². The van der Waals surface area contributed by atoms with Crippen LogP contribution < -0.4 is 0 Å². The minimum Gasteiger partial charge on any atom is -0.481 e. The molecule has 0 amide bonds.